The Bertz CT molecular complexity index is 2910. The van der Waals surface area contributed by atoms with Crippen LogP contribution in [0.25, 0.3) is 11.2 Å². The van der Waals surface area contributed by atoms with Crippen LogP contribution in [-0.2, 0) is 79.5 Å². The Morgan fingerprint density at radius 3 is 1.27 bits per heavy atom. The zero-order valence-electron chi connectivity index (χ0n) is 46.0. The van der Waals surface area contributed by atoms with Gasteiger partial charge in [-0.2, -0.15) is 4.98 Å². The van der Waals surface area contributed by atoms with Crippen LogP contribution in [0, 0.1) is 0 Å². The number of unbranched alkanes of at least 4 members (excludes halogenated alkanes) is 1. The molecule has 4 aromatic carbocycles. The summed E-state index contributed by atoms with van der Waals surface area (Å²) in [5.74, 6) is -2.57. The van der Waals surface area contributed by atoms with Crippen molar-refractivity contribution in [3.63, 3.8) is 0 Å². The fraction of sp³-hybridized carbons (Fsp3) is 0.421. The molecule has 430 valence electrons. The van der Waals surface area contributed by atoms with Crippen molar-refractivity contribution in [1.29, 1.82) is 0 Å². The third kappa shape index (κ3) is 19.8. The summed E-state index contributed by atoms with van der Waals surface area (Å²) in [5, 5.41) is 12.6. The highest BCUT2D eigenvalue weighted by Gasteiger charge is 2.37. The van der Waals surface area contributed by atoms with E-state index in [2.05, 4.69) is 35.3 Å². The van der Waals surface area contributed by atoms with Crippen molar-refractivity contribution in [2.24, 2.45) is 0 Å². The molecule has 80 heavy (non-hydrogen) atoms. The van der Waals surface area contributed by atoms with E-state index in [4.69, 9.17) is 24.7 Å². The highest BCUT2D eigenvalue weighted by atomic mass is 31.2. The number of carbonyl (C=O) groups is 4. The molecule has 0 saturated carbocycles. The lowest BCUT2D eigenvalue weighted by Gasteiger charge is -2.31. The number of nitrogens with one attached hydrogen (secondary N) is 5. The second-order valence-corrected chi connectivity index (χ2v) is 23.9. The highest BCUT2D eigenvalue weighted by Crippen LogP contribution is 2.41. The van der Waals surface area contributed by atoms with E-state index in [1.54, 1.807) is 32.3 Å². The molecule has 0 aliphatic carbocycles. The molecule has 0 unspecified atom stereocenters. The Kier molecular flexibility index (Phi) is 24.8. The SMILES string of the molecule is CCOC(=O)[C@H](Cc1ccccc1)NP(=O)(CCCCN(CCn1cnc2c(=O)[nH]c(N)nc21)CCP(=O)(N[C@@H](Cc1ccccc1)C(=O)OCC)N[C@@H](Cc1ccccc1)C(=O)OCC)N[C@@H](Cc1ccccc1)C(=O)OCC. The van der Waals surface area contributed by atoms with E-state index in [1.165, 1.54) is 6.33 Å². The lowest BCUT2D eigenvalue weighted by molar-refractivity contribution is -0.146. The molecule has 0 amide bonds. The molecular weight excluding hydrogens is 1060 g/mol. The van der Waals surface area contributed by atoms with Gasteiger partial charge in [0.25, 0.3) is 5.56 Å². The van der Waals surface area contributed by atoms with Crippen molar-refractivity contribution in [3.8, 4) is 0 Å². The summed E-state index contributed by atoms with van der Waals surface area (Å²) in [4.78, 5) is 81.0. The first kappa shape index (κ1) is 62.4. The van der Waals surface area contributed by atoms with Crippen molar-refractivity contribution < 1.29 is 47.3 Å². The number of hydrogen-bond acceptors (Lipinski definition) is 15. The molecule has 0 saturated heterocycles. The first-order valence-electron chi connectivity index (χ1n) is 27.2. The fourth-order valence-electron chi connectivity index (χ4n) is 9.11. The topological polar surface area (TPSA) is 280 Å². The van der Waals surface area contributed by atoms with Gasteiger partial charge in [-0.3, -0.25) is 38.1 Å². The number of aromatic nitrogens is 4. The Hall–Kier alpha value is -6.83. The minimum atomic E-state index is -4.03. The summed E-state index contributed by atoms with van der Waals surface area (Å²) in [6.45, 7) is 7.99. The van der Waals surface area contributed by atoms with Crippen LogP contribution in [0.15, 0.2) is 132 Å². The largest absolute Gasteiger partial charge is 0.465 e. The van der Waals surface area contributed by atoms with Crippen LogP contribution in [-0.4, -0.2) is 131 Å². The van der Waals surface area contributed by atoms with Gasteiger partial charge >= 0.3 is 23.9 Å². The van der Waals surface area contributed by atoms with Crippen molar-refractivity contribution in [1.82, 2.24) is 44.8 Å². The van der Waals surface area contributed by atoms with E-state index in [9.17, 15) is 24.0 Å². The Balaban J connectivity index is 1.33. The summed E-state index contributed by atoms with van der Waals surface area (Å²) in [6, 6.07) is 32.6. The summed E-state index contributed by atoms with van der Waals surface area (Å²) < 4.78 is 55.3. The second kappa shape index (κ2) is 31.8. The molecule has 2 heterocycles. The maximum Gasteiger partial charge on any atom is 0.323 e. The maximum absolute atomic E-state index is 15.9. The Morgan fingerprint density at radius 1 is 0.550 bits per heavy atom. The maximum atomic E-state index is 15.9. The summed E-state index contributed by atoms with van der Waals surface area (Å²) in [6.07, 6.45) is 2.53. The number of hydrogen-bond donors (Lipinski definition) is 6. The van der Waals surface area contributed by atoms with E-state index in [-0.39, 0.29) is 108 Å². The molecule has 7 N–H and O–H groups in total. The van der Waals surface area contributed by atoms with Crippen LogP contribution < -0.4 is 31.6 Å². The lowest BCUT2D eigenvalue weighted by atomic mass is 10.1. The third-order valence-corrected chi connectivity index (χ3v) is 17.6. The third-order valence-electron chi connectivity index (χ3n) is 13.0. The molecule has 0 bridgehead atoms. The number of carbonyl (C=O) groups excluding carboxylic acids is 4. The number of fused-ring (bicyclic) bond motifs is 1. The zero-order chi connectivity index (χ0) is 57.3. The smallest absolute Gasteiger partial charge is 0.323 e. The van der Waals surface area contributed by atoms with Gasteiger partial charge in [0.1, 0.15) is 24.2 Å². The van der Waals surface area contributed by atoms with Gasteiger partial charge in [-0.25, -0.2) is 25.3 Å². The standard InChI is InChI=1S/C57H76N10O11P2/c1-5-75-53(69)46(37-42-23-13-9-14-24-42)62-79(73,63-47(54(70)76-6-2)38-43-25-15-10-16-26-43)35-22-21-31-66(32-33-67-41-59-50-51(67)60-57(58)61-52(50)68)34-36-80(74,64-48(55(71)77-7-3)39-44-27-17-11-18-28-44)65-49(56(72)78-8-4)40-45-29-19-12-20-30-45/h9-20,23-30,41,46-49H,5-8,21-22,31-40H2,1-4H3,(H2,62,63,73)(H2,64,65,74)(H3,58,60,61,68)/t46-,47-,48-,49-/m0/s1. The quantitative estimate of drug-likeness (QED) is 0.0111. The van der Waals surface area contributed by atoms with Crippen LogP contribution in [0.5, 0.6) is 0 Å². The second-order valence-electron chi connectivity index (χ2n) is 19.0. The van der Waals surface area contributed by atoms with Gasteiger partial charge in [-0.15, -0.1) is 0 Å². The van der Waals surface area contributed by atoms with Crippen molar-refractivity contribution in [2.75, 3.05) is 64.1 Å². The van der Waals surface area contributed by atoms with Crippen LogP contribution in [0.1, 0.15) is 62.8 Å². The predicted octanol–water partition coefficient (Wildman–Crippen LogP) is 6.23. The molecule has 21 nitrogen and oxygen atoms in total. The van der Waals surface area contributed by atoms with Gasteiger partial charge in [-0.1, -0.05) is 121 Å². The van der Waals surface area contributed by atoms with E-state index in [1.807, 2.05) is 126 Å². The average molecular weight is 1140 g/mol. The summed E-state index contributed by atoms with van der Waals surface area (Å²) in [7, 11) is -7.94. The van der Waals surface area contributed by atoms with Crippen LogP contribution >= 0.6 is 14.9 Å². The number of aromatic amines is 1. The lowest BCUT2D eigenvalue weighted by Crippen LogP contribution is -2.47. The fourth-order valence-corrected chi connectivity index (χ4v) is 13.8. The van der Waals surface area contributed by atoms with Crippen LogP contribution in [0.4, 0.5) is 5.95 Å². The Labute approximate surface area is 467 Å². The molecule has 0 aliphatic rings. The number of benzene rings is 4. The number of rotatable bonds is 35. The molecule has 23 heteroatoms. The van der Waals surface area contributed by atoms with E-state index < -0.39 is 68.5 Å². The van der Waals surface area contributed by atoms with Gasteiger partial charge in [0.05, 0.1) is 32.8 Å². The molecule has 0 radical (unpaired) electrons. The van der Waals surface area contributed by atoms with E-state index in [0.717, 1.165) is 22.3 Å². The molecule has 6 rings (SSSR count). The Morgan fingerprint density at radius 2 is 0.912 bits per heavy atom. The number of ether oxygens (including phenoxy) is 4. The van der Waals surface area contributed by atoms with E-state index in [0.29, 0.717) is 13.0 Å². The summed E-state index contributed by atoms with van der Waals surface area (Å²) in [5.41, 5.74) is 8.95. The van der Waals surface area contributed by atoms with E-state index >= 15 is 9.13 Å². The van der Waals surface area contributed by atoms with Gasteiger partial charge in [0.15, 0.2) is 11.2 Å². The van der Waals surface area contributed by atoms with Gasteiger partial charge < -0.3 is 34.1 Å². The minimum Gasteiger partial charge on any atom is -0.465 e. The number of nitrogen functional groups attached to an aromatic ring is 1. The number of nitrogens with two attached hydrogens (primary N) is 1. The van der Waals surface area contributed by atoms with Crippen molar-refractivity contribution in [3.05, 3.63) is 160 Å². The molecule has 6 aromatic rings. The molecule has 0 spiro atoms. The van der Waals surface area contributed by atoms with Gasteiger partial charge in [0, 0.05) is 32.0 Å². The molecule has 4 atom stereocenters. The number of imidazole rings is 1. The number of nitrogens with zero attached hydrogens (tertiary/aromatic N) is 4. The first-order chi connectivity index (χ1) is 38.6. The van der Waals surface area contributed by atoms with Crippen molar-refractivity contribution in [2.45, 2.75) is 96.9 Å². The first-order valence-corrected chi connectivity index (χ1v) is 31.0. The van der Waals surface area contributed by atoms with Crippen molar-refractivity contribution >= 4 is 55.9 Å². The molecular formula is C57H76N10O11P2. The number of esters is 4. The van der Waals surface area contributed by atoms with Crippen LogP contribution in [0.3, 0.4) is 0 Å². The predicted molar refractivity (Wildman–Crippen MR) is 308 cm³/mol. The zero-order valence-corrected chi connectivity index (χ0v) is 47.8. The molecule has 0 fully saturated rings. The minimum absolute atomic E-state index is 0.0304. The molecule has 0 aliphatic heterocycles. The van der Waals surface area contributed by atoms with Gasteiger partial charge in [0.2, 0.25) is 20.8 Å². The monoisotopic (exact) mass is 1140 g/mol. The van der Waals surface area contributed by atoms with Crippen LogP contribution in [0.2, 0.25) is 0 Å². The molecule has 2 aromatic heterocycles. The number of anilines is 1. The normalized spacial score (nSPS) is 13.3. The van der Waals surface area contributed by atoms with Gasteiger partial charge in [-0.05, 0) is 95.0 Å². The summed E-state index contributed by atoms with van der Waals surface area (Å²) >= 11 is 0. The number of H-pyrrole nitrogens is 1. The average Bonchev–Trinajstić information content (AvgIpc) is 3.88. The highest BCUT2D eigenvalue weighted by molar-refractivity contribution is 7.60.